The molecule has 0 saturated carbocycles. The molecule has 0 fully saturated rings. The summed E-state index contributed by atoms with van der Waals surface area (Å²) in [5, 5.41) is 24.9. The highest BCUT2D eigenvalue weighted by molar-refractivity contribution is 5.02. The van der Waals surface area contributed by atoms with Crippen molar-refractivity contribution in [3.05, 3.63) is 0 Å². The molecule has 0 bridgehead atoms. The molecule has 4 nitrogen and oxygen atoms in total. The first kappa shape index (κ1) is 11.1. The summed E-state index contributed by atoms with van der Waals surface area (Å²) in [6.07, 6.45) is 2.03. The Hall–Kier alpha value is -0.950. The molecule has 1 atom stereocenters. The van der Waals surface area contributed by atoms with E-state index in [0.717, 1.165) is 12.8 Å². The molecule has 0 aliphatic carbocycles. The van der Waals surface area contributed by atoms with Gasteiger partial charge in [-0.2, -0.15) is 15.5 Å². The zero-order valence-corrected chi connectivity index (χ0v) is 7.62. The number of aliphatic hydroxyl groups excluding tert-OH is 1. The van der Waals surface area contributed by atoms with E-state index in [1.54, 1.807) is 6.92 Å². The van der Waals surface area contributed by atoms with Gasteiger partial charge in [0.25, 0.3) is 0 Å². The lowest BCUT2D eigenvalue weighted by Gasteiger charge is -2.09. The van der Waals surface area contributed by atoms with Crippen LogP contribution in [0.25, 0.3) is 0 Å². The van der Waals surface area contributed by atoms with Crippen molar-refractivity contribution in [2.45, 2.75) is 32.2 Å². The molecule has 0 radical (unpaired) electrons. The van der Waals surface area contributed by atoms with Gasteiger partial charge in [-0.05, 0) is 13.3 Å². The highest BCUT2D eigenvalue weighted by atomic mass is 16.3. The van der Waals surface area contributed by atoms with Crippen LogP contribution in [-0.4, -0.2) is 23.8 Å². The zero-order valence-electron chi connectivity index (χ0n) is 7.62. The monoisotopic (exact) mass is 169 g/mol. The Morgan fingerprint density at radius 1 is 1.58 bits per heavy atom. The van der Waals surface area contributed by atoms with Crippen molar-refractivity contribution in [2.75, 3.05) is 13.2 Å². The van der Waals surface area contributed by atoms with Gasteiger partial charge in [0, 0.05) is 0 Å². The summed E-state index contributed by atoms with van der Waals surface area (Å²) in [7, 11) is 0. The molecular weight excluding hydrogens is 154 g/mol. The predicted molar refractivity (Wildman–Crippen MR) is 45.7 cm³/mol. The molecule has 0 aromatic carbocycles. The molecule has 0 spiro atoms. The van der Waals surface area contributed by atoms with E-state index in [0.29, 0.717) is 6.54 Å². The van der Waals surface area contributed by atoms with Crippen molar-refractivity contribution in [3.63, 3.8) is 0 Å². The standard InChI is InChI=1S/C8H15N3O/c1-3-4-5-10-11-8(2,6-9)7-12/h12H,3-5,7H2,1-2H3. The number of rotatable bonds is 5. The highest BCUT2D eigenvalue weighted by Crippen LogP contribution is 2.07. The van der Waals surface area contributed by atoms with Gasteiger partial charge in [0.15, 0.2) is 5.54 Å². The average molecular weight is 169 g/mol. The Morgan fingerprint density at radius 2 is 2.25 bits per heavy atom. The van der Waals surface area contributed by atoms with Gasteiger partial charge >= 0.3 is 0 Å². The van der Waals surface area contributed by atoms with Crippen LogP contribution in [-0.2, 0) is 0 Å². The van der Waals surface area contributed by atoms with E-state index in [-0.39, 0.29) is 6.61 Å². The van der Waals surface area contributed by atoms with Crippen molar-refractivity contribution >= 4 is 0 Å². The van der Waals surface area contributed by atoms with Gasteiger partial charge in [-0.15, -0.1) is 0 Å². The molecule has 0 rings (SSSR count). The molecule has 1 unspecified atom stereocenters. The molecule has 12 heavy (non-hydrogen) atoms. The van der Waals surface area contributed by atoms with Crippen LogP contribution in [0.1, 0.15) is 26.7 Å². The van der Waals surface area contributed by atoms with E-state index in [9.17, 15) is 0 Å². The van der Waals surface area contributed by atoms with Crippen molar-refractivity contribution in [2.24, 2.45) is 10.2 Å². The van der Waals surface area contributed by atoms with Gasteiger partial charge in [0.1, 0.15) is 0 Å². The minimum Gasteiger partial charge on any atom is -0.393 e. The normalized spacial score (nSPS) is 15.8. The zero-order chi connectivity index (χ0) is 9.45. The van der Waals surface area contributed by atoms with E-state index < -0.39 is 5.54 Å². The van der Waals surface area contributed by atoms with E-state index in [2.05, 4.69) is 17.2 Å². The number of unbranched alkanes of at least 4 members (excludes halogenated alkanes) is 1. The van der Waals surface area contributed by atoms with Crippen LogP contribution in [0.2, 0.25) is 0 Å². The largest absolute Gasteiger partial charge is 0.393 e. The maximum absolute atomic E-state index is 8.77. The van der Waals surface area contributed by atoms with Crippen LogP contribution in [0.4, 0.5) is 0 Å². The molecule has 0 aromatic heterocycles. The van der Waals surface area contributed by atoms with Crippen molar-refractivity contribution < 1.29 is 5.11 Å². The Labute approximate surface area is 72.9 Å². The summed E-state index contributed by atoms with van der Waals surface area (Å²) < 4.78 is 0. The number of nitrogens with zero attached hydrogens (tertiary/aromatic N) is 3. The first-order valence-corrected chi connectivity index (χ1v) is 4.09. The fourth-order valence-corrected chi connectivity index (χ4v) is 0.524. The third kappa shape index (κ3) is 4.04. The van der Waals surface area contributed by atoms with E-state index >= 15 is 0 Å². The number of azo groups is 1. The third-order valence-corrected chi connectivity index (χ3v) is 1.45. The second kappa shape index (κ2) is 5.67. The lowest BCUT2D eigenvalue weighted by Crippen LogP contribution is -2.23. The van der Waals surface area contributed by atoms with Crippen molar-refractivity contribution in [1.29, 1.82) is 5.26 Å². The SMILES string of the molecule is CCCCN=NC(C)(C#N)CO. The van der Waals surface area contributed by atoms with Crippen LogP contribution in [0.3, 0.4) is 0 Å². The Kier molecular flexibility index (Phi) is 5.22. The maximum Gasteiger partial charge on any atom is 0.187 e. The highest BCUT2D eigenvalue weighted by Gasteiger charge is 2.21. The number of hydrogen-bond donors (Lipinski definition) is 1. The minimum absolute atomic E-state index is 0.279. The first-order chi connectivity index (χ1) is 5.68. The molecule has 0 heterocycles. The third-order valence-electron chi connectivity index (χ3n) is 1.45. The number of aliphatic hydroxyl groups is 1. The lowest BCUT2D eigenvalue weighted by molar-refractivity contribution is 0.238. The van der Waals surface area contributed by atoms with E-state index in [1.807, 2.05) is 6.07 Å². The topological polar surface area (TPSA) is 68.7 Å². The predicted octanol–water partition coefficient (Wildman–Crippen LogP) is 1.51. The van der Waals surface area contributed by atoms with Crippen LogP contribution in [0.5, 0.6) is 0 Å². The van der Waals surface area contributed by atoms with Crippen molar-refractivity contribution in [1.82, 2.24) is 0 Å². The fourth-order valence-electron chi connectivity index (χ4n) is 0.524. The van der Waals surface area contributed by atoms with Gasteiger partial charge < -0.3 is 5.11 Å². The second-order valence-corrected chi connectivity index (χ2v) is 2.86. The van der Waals surface area contributed by atoms with E-state index in [4.69, 9.17) is 10.4 Å². The molecule has 4 heteroatoms. The van der Waals surface area contributed by atoms with Gasteiger partial charge in [-0.3, -0.25) is 0 Å². The van der Waals surface area contributed by atoms with Crippen LogP contribution < -0.4 is 0 Å². The van der Waals surface area contributed by atoms with E-state index in [1.165, 1.54) is 0 Å². The Morgan fingerprint density at radius 3 is 2.67 bits per heavy atom. The minimum atomic E-state index is -1.05. The molecule has 68 valence electrons. The summed E-state index contributed by atoms with van der Waals surface area (Å²) in [5.74, 6) is 0. The Balaban J connectivity index is 3.87. The van der Waals surface area contributed by atoms with Crippen LogP contribution in [0.15, 0.2) is 10.2 Å². The average Bonchev–Trinajstić information content (AvgIpc) is 2.12. The Bertz CT molecular complexity index is 185. The molecule has 0 aromatic rings. The van der Waals surface area contributed by atoms with Gasteiger partial charge in [0.2, 0.25) is 0 Å². The fraction of sp³-hybridized carbons (Fsp3) is 0.875. The van der Waals surface area contributed by atoms with Crippen molar-refractivity contribution in [3.8, 4) is 6.07 Å². The second-order valence-electron chi connectivity index (χ2n) is 2.86. The molecule has 0 amide bonds. The quantitative estimate of drug-likeness (QED) is 0.500. The van der Waals surface area contributed by atoms with Gasteiger partial charge in [-0.25, -0.2) is 0 Å². The van der Waals surface area contributed by atoms with Gasteiger partial charge in [0.05, 0.1) is 19.2 Å². The summed E-state index contributed by atoms with van der Waals surface area (Å²) in [5.41, 5.74) is -1.05. The number of hydrogen-bond acceptors (Lipinski definition) is 4. The summed E-state index contributed by atoms with van der Waals surface area (Å²) >= 11 is 0. The molecule has 0 aliphatic rings. The van der Waals surface area contributed by atoms with Crippen LogP contribution in [0, 0.1) is 11.3 Å². The maximum atomic E-state index is 8.77. The summed E-state index contributed by atoms with van der Waals surface area (Å²) in [6.45, 7) is 3.97. The molecular formula is C8H15N3O. The summed E-state index contributed by atoms with van der Waals surface area (Å²) in [4.78, 5) is 0. The molecule has 0 saturated heterocycles. The lowest BCUT2D eigenvalue weighted by atomic mass is 10.1. The number of nitriles is 1. The van der Waals surface area contributed by atoms with Gasteiger partial charge in [-0.1, -0.05) is 13.3 Å². The molecule has 1 N–H and O–H groups in total. The molecule has 0 aliphatic heterocycles. The summed E-state index contributed by atoms with van der Waals surface area (Å²) in [6, 6.07) is 1.89. The first-order valence-electron chi connectivity index (χ1n) is 4.09. The smallest absolute Gasteiger partial charge is 0.187 e. The van der Waals surface area contributed by atoms with Crippen LogP contribution >= 0.6 is 0 Å².